The lowest BCUT2D eigenvalue weighted by Crippen LogP contribution is -2.53. The van der Waals surface area contributed by atoms with Crippen LogP contribution in [-0.4, -0.2) is 39.9 Å². The average Bonchev–Trinajstić information content (AvgIpc) is 2.23. The van der Waals surface area contributed by atoms with Crippen molar-refractivity contribution in [3.8, 4) is 0 Å². The van der Waals surface area contributed by atoms with Crippen LogP contribution < -0.4 is 0 Å². The van der Waals surface area contributed by atoms with Crippen molar-refractivity contribution in [1.82, 2.24) is 17.8 Å². The number of hydrogen-bond acceptors (Lipinski definition) is 4. The maximum atomic E-state index is 6.54. The summed E-state index contributed by atoms with van der Waals surface area (Å²) in [6, 6.07) is 0. The Morgan fingerprint density at radius 1 is 0.375 bits per heavy atom. The zero-order valence-corrected chi connectivity index (χ0v) is 30.6. The minimum Gasteiger partial charge on any atom is -0.192 e. The van der Waals surface area contributed by atoms with E-state index < -0.39 is 22.8 Å². The van der Waals surface area contributed by atoms with Gasteiger partial charge in [-0.25, -0.2) is 0 Å². The summed E-state index contributed by atoms with van der Waals surface area (Å²) in [6.07, 6.45) is 0. The third-order valence-electron chi connectivity index (χ3n) is 4.27. The first-order valence-corrected chi connectivity index (χ1v) is 24.4. The van der Waals surface area contributed by atoms with Crippen LogP contribution in [0.2, 0.25) is 0 Å². The van der Waals surface area contributed by atoms with Gasteiger partial charge >= 0.3 is 0 Å². The first-order chi connectivity index (χ1) is 13.5. The van der Waals surface area contributed by atoms with Crippen LogP contribution in [0.4, 0.5) is 0 Å². The van der Waals surface area contributed by atoms with E-state index in [9.17, 15) is 0 Å². The van der Waals surface area contributed by atoms with Crippen molar-refractivity contribution in [2.75, 3.05) is 0 Å². The molecular formula is C16H36Cl4N4P4S4. The molecule has 0 aromatic carbocycles. The summed E-state index contributed by atoms with van der Waals surface area (Å²) in [7, 11) is 0. The average molecular weight is 678 g/mol. The lowest BCUT2D eigenvalue weighted by Gasteiger charge is -2.64. The van der Waals surface area contributed by atoms with Crippen LogP contribution in [0, 0.1) is 0 Å². The Labute approximate surface area is 236 Å². The van der Waals surface area contributed by atoms with Gasteiger partial charge in [0.15, 0.2) is 22.8 Å². The number of rotatable bonds is 0. The summed E-state index contributed by atoms with van der Waals surface area (Å²) < 4.78 is 7.97. The first-order valence-electron chi connectivity index (χ1n) is 9.90. The molecule has 192 valence electrons. The molecule has 0 atom stereocenters. The van der Waals surface area contributed by atoms with Crippen molar-refractivity contribution in [3.63, 3.8) is 0 Å². The quantitative estimate of drug-likeness (QED) is 0.232. The van der Waals surface area contributed by atoms with Gasteiger partial charge in [0.05, 0.1) is 0 Å². The van der Waals surface area contributed by atoms with Gasteiger partial charge in [0.2, 0.25) is 0 Å². The highest BCUT2D eigenvalue weighted by molar-refractivity contribution is 8.43. The minimum atomic E-state index is -2.27. The maximum Gasteiger partial charge on any atom is 0.177 e. The van der Waals surface area contributed by atoms with Crippen LogP contribution in [0.15, 0.2) is 0 Å². The molecule has 2 aliphatic rings. The molecule has 0 aromatic rings. The van der Waals surface area contributed by atoms with Crippen molar-refractivity contribution in [1.29, 1.82) is 0 Å². The van der Waals surface area contributed by atoms with Gasteiger partial charge in [-0.3, -0.25) is 0 Å². The molecule has 0 aliphatic carbocycles. The van der Waals surface area contributed by atoms with Crippen LogP contribution in [0.25, 0.3) is 0 Å². The lowest BCUT2D eigenvalue weighted by molar-refractivity contribution is 0.291. The molecule has 0 N–H and O–H groups in total. The SMILES string of the molecule is CC(C)(C)N1P(=S)(Cl)N(C(C)(C)C)P1(=S)Cl.CC(C)(C)N1P(=S)(Cl)N(C(C)(C)C)P1(=S)Cl. The second kappa shape index (κ2) is 9.66. The van der Waals surface area contributed by atoms with Crippen molar-refractivity contribution in [2.24, 2.45) is 0 Å². The molecule has 2 fully saturated rings. The van der Waals surface area contributed by atoms with E-state index in [1.54, 1.807) is 0 Å². The van der Waals surface area contributed by atoms with Crippen LogP contribution in [0.3, 0.4) is 0 Å². The zero-order chi connectivity index (χ0) is 26.3. The van der Waals surface area contributed by atoms with E-state index in [-0.39, 0.29) is 22.2 Å². The minimum absolute atomic E-state index is 0.170. The number of hydrogen-bond donors (Lipinski definition) is 0. The van der Waals surface area contributed by atoms with Crippen molar-refractivity contribution >= 4 is 115 Å². The van der Waals surface area contributed by atoms with Gasteiger partial charge in [-0.1, -0.05) is 45.0 Å². The van der Waals surface area contributed by atoms with Crippen LogP contribution >= 0.6 is 67.7 Å². The maximum absolute atomic E-state index is 6.54. The molecule has 2 rings (SSSR count). The van der Waals surface area contributed by atoms with Gasteiger partial charge in [0, 0.05) is 22.2 Å². The summed E-state index contributed by atoms with van der Waals surface area (Å²) in [6.45, 7) is 24.7. The molecule has 4 nitrogen and oxygen atoms in total. The van der Waals surface area contributed by atoms with E-state index in [0.717, 1.165) is 0 Å². The van der Waals surface area contributed by atoms with Gasteiger partial charge in [0.1, 0.15) is 0 Å². The molecule has 32 heavy (non-hydrogen) atoms. The molecular weight excluding hydrogens is 642 g/mol. The van der Waals surface area contributed by atoms with Crippen molar-refractivity contribution in [2.45, 2.75) is 105 Å². The monoisotopic (exact) mass is 676 g/mol. The Balaban J connectivity index is 0.000000320. The fraction of sp³-hybridized carbons (Fsp3) is 1.00. The molecule has 0 spiro atoms. The highest BCUT2D eigenvalue weighted by atomic mass is 35.7. The van der Waals surface area contributed by atoms with Gasteiger partial charge in [-0.05, 0) is 130 Å². The van der Waals surface area contributed by atoms with E-state index in [0.29, 0.717) is 0 Å². The Bertz CT molecular complexity index is 768. The predicted octanol–water partition coefficient (Wildman–Crippen LogP) is 10.3. The van der Waals surface area contributed by atoms with E-state index >= 15 is 0 Å². The van der Waals surface area contributed by atoms with E-state index in [4.69, 9.17) is 92.2 Å². The first kappa shape index (κ1) is 33.6. The van der Waals surface area contributed by atoms with Gasteiger partial charge in [-0.15, -0.1) is 0 Å². The second-order valence-electron chi connectivity index (χ2n) is 11.7. The smallest absolute Gasteiger partial charge is 0.177 e. The molecule has 2 heterocycles. The molecule has 0 saturated carbocycles. The summed E-state index contributed by atoms with van der Waals surface area (Å²) in [4.78, 5) is 0. The third-order valence-corrected chi connectivity index (χ3v) is 32.0. The fourth-order valence-electron chi connectivity index (χ4n) is 3.76. The molecule has 2 aliphatic heterocycles. The van der Waals surface area contributed by atoms with Crippen LogP contribution in [0.1, 0.15) is 83.1 Å². The standard InChI is InChI=1S/2C8H18Cl2N2P2S2/c2*1-7(2,3)11-13(9,15)12(8(4,5)6)14(11,10)16/h2*1-6H3. The van der Waals surface area contributed by atoms with Gasteiger partial charge in [-0.2, -0.15) is 17.8 Å². The third kappa shape index (κ3) is 6.25. The van der Waals surface area contributed by atoms with Crippen LogP contribution in [-0.2, 0) is 47.2 Å². The summed E-state index contributed by atoms with van der Waals surface area (Å²) >= 11 is 48.4. The summed E-state index contributed by atoms with van der Waals surface area (Å²) in [5.41, 5.74) is -9.74. The van der Waals surface area contributed by atoms with Crippen LogP contribution in [0.5, 0.6) is 0 Å². The Hall–Kier alpha value is 3.60. The second-order valence-corrected chi connectivity index (χ2v) is 34.2. The normalized spacial score (nSPS) is 38.5. The highest BCUT2D eigenvalue weighted by Gasteiger charge is 2.64. The topological polar surface area (TPSA) is 13.0 Å². The molecule has 0 bridgehead atoms. The number of halogens is 4. The molecule has 0 amide bonds. The summed E-state index contributed by atoms with van der Waals surface area (Å²) in [5.74, 6) is 0. The molecule has 0 unspecified atom stereocenters. The Morgan fingerprint density at radius 2 is 0.469 bits per heavy atom. The summed E-state index contributed by atoms with van der Waals surface area (Å²) in [5, 5.41) is 0. The van der Waals surface area contributed by atoms with Gasteiger partial charge < -0.3 is 0 Å². The lowest BCUT2D eigenvalue weighted by atomic mass is 10.1. The van der Waals surface area contributed by atoms with E-state index in [2.05, 4.69) is 83.1 Å². The molecule has 0 radical (unpaired) electrons. The number of nitrogens with zero attached hydrogens (tertiary/aromatic N) is 4. The Morgan fingerprint density at radius 3 is 0.531 bits per heavy atom. The molecule has 2 saturated heterocycles. The zero-order valence-electron chi connectivity index (χ0n) is 20.7. The largest absolute Gasteiger partial charge is 0.192 e. The van der Waals surface area contributed by atoms with E-state index in [1.165, 1.54) is 0 Å². The van der Waals surface area contributed by atoms with Crippen molar-refractivity contribution < 1.29 is 0 Å². The fourth-order valence-corrected chi connectivity index (χ4v) is 47.3. The van der Waals surface area contributed by atoms with Gasteiger partial charge in [0.25, 0.3) is 0 Å². The molecule has 0 aromatic heterocycles. The van der Waals surface area contributed by atoms with E-state index in [1.807, 2.05) is 17.8 Å². The Kier molecular flexibility index (Phi) is 10.1. The molecule has 16 heteroatoms. The van der Waals surface area contributed by atoms with Crippen molar-refractivity contribution in [3.05, 3.63) is 0 Å². The highest BCUT2D eigenvalue weighted by Crippen LogP contribution is 2.94. The predicted molar refractivity (Wildman–Crippen MR) is 167 cm³/mol.